The van der Waals surface area contributed by atoms with E-state index in [2.05, 4.69) is 15.0 Å². The zero-order chi connectivity index (χ0) is 11.3. The molecule has 0 aromatic heterocycles. The highest BCUT2D eigenvalue weighted by molar-refractivity contribution is 6.33. The fraction of sp³-hybridized carbons (Fsp3) is 0.222. The number of nitrogens with zero attached hydrogens (tertiary/aromatic N) is 2. The first kappa shape index (κ1) is 11.5. The zero-order valence-electron chi connectivity index (χ0n) is 8.23. The molecular formula is C9H9ClN2O3. The summed E-state index contributed by atoms with van der Waals surface area (Å²) in [5.41, 5.74) is 0.349. The number of rotatable bonds is 2. The van der Waals surface area contributed by atoms with Crippen LogP contribution in [-0.2, 0) is 4.74 Å². The van der Waals surface area contributed by atoms with Crippen molar-refractivity contribution in [1.82, 2.24) is 0 Å². The maximum absolute atomic E-state index is 10.7. The Kier molecular flexibility index (Phi) is 4.05. The van der Waals surface area contributed by atoms with Crippen LogP contribution < -0.4 is 4.74 Å². The molecule has 1 amide bonds. The van der Waals surface area contributed by atoms with Crippen molar-refractivity contribution in [2.75, 3.05) is 14.2 Å². The van der Waals surface area contributed by atoms with Crippen molar-refractivity contribution in [3.8, 4) is 5.75 Å². The predicted molar refractivity (Wildman–Crippen MR) is 54.9 cm³/mol. The third-order valence-corrected chi connectivity index (χ3v) is 1.89. The van der Waals surface area contributed by atoms with Gasteiger partial charge in [-0.25, -0.2) is 4.79 Å². The third kappa shape index (κ3) is 3.21. The van der Waals surface area contributed by atoms with E-state index in [-0.39, 0.29) is 0 Å². The molecule has 0 aliphatic rings. The van der Waals surface area contributed by atoms with E-state index < -0.39 is 6.09 Å². The molecular weight excluding hydrogens is 220 g/mol. The number of azo groups is 1. The van der Waals surface area contributed by atoms with Crippen molar-refractivity contribution in [2.24, 2.45) is 10.2 Å². The molecule has 0 saturated heterocycles. The standard InChI is InChI=1S/C9H9ClN2O3/c1-14-6-3-4-7(10)8(5-6)11-12-9(13)15-2/h3-5H,1-2H3. The van der Waals surface area contributed by atoms with Crippen LogP contribution in [0.3, 0.4) is 0 Å². The smallest absolute Gasteiger partial charge is 0.452 e. The van der Waals surface area contributed by atoms with Gasteiger partial charge in [0, 0.05) is 6.07 Å². The number of methoxy groups -OCH3 is 2. The monoisotopic (exact) mass is 228 g/mol. The Morgan fingerprint density at radius 1 is 1.40 bits per heavy atom. The molecule has 0 saturated carbocycles. The summed E-state index contributed by atoms with van der Waals surface area (Å²) in [7, 11) is 2.74. The van der Waals surface area contributed by atoms with Crippen LogP contribution in [0.15, 0.2) is 28.4 Å². The van der Waals surface area contributed by atoms with E-state index in [0.29, 0.717) is 16.5 Å². The van der Waals surface area contributed by atoms with Crippen molar-refractivity contribution < 1.29 is 14.3 Å². The first-order chi connectivity index (χ1) is 7.17. The molecule has 0 atom stereocenters. The third-order valence-electron chi connectivity index (χ3n) is 1.57. The highest BCUT2D eigenvalue weighted by Crippen LogP contribution is 2.29. The van der Waals surface area contributed by atoms with Gasteiger partial charge in [0.05, 0.1) is 19.2 Å². The van der Waals surface area contributed by atoms with E-state index in [9.17, 15) is 4.79 Å². The van der Waals surface area contributed by atoms with E-state index in [0.717, 1.165) is 0 Å². The van der Waals surface area contributed by atoms with Crippen LogP contribution >= 0.6 is 11.6 Å². The summed E-state index contributed by atoms with van der Waals surface area (Å²) < 4.78 is 9.26. The van der Waals surface area contributed by atoms with Crippen molar-refractivity contribution in [2.45, 2.75) is 0 Å². The predicted octanol–water partition coefficient (Wildman–Crippen LogP) is 3.20. The minimum Gasteiger partial charge on any atom is -0.497 e. The summed E-state index contributed by atoms with van der Waals surface area (Å²) in [5, 5.41) is 7.27. The van der Waals surface area contributed by atoms with Crippen molar-refractivity contribution >= 4 is 23.4 Å². The fourth-order valence-electron chi connectivity index (χ4n) is 0.832. The van der Waals surface area contributed by atoms with Crippen molar-refractivity contribution in [3.63, 3.8) is 0 Å². The molecule has 80 valence electrons. The van der Waals surface area contributed by atoms with Gasteiger partial charge in [-0.05, 0) is 12.1 Å². The Labute approximate surface area is 91.7 Å². The van der Waals surface area contributed by atoms with E-state index in [4.69, 9.17) is 16.3 Å². The lowest BCUT2D eigenvalue weighted by Gasteiger charge is -2.01. The first-order valence-electron chi connectivity index (χ1n) is 4.00. The molecule has 0 fully saturated rings. The minimum atomic E-state index is -0.783. The van der Waals surface area contributed by atoms with Crippen LogP contribution in [0.5, 0.6) is 5.75 Å². The molecule has 1 aromatic rings. The second-order valence-corrected chi connectivity index (χ2v) is 2.89. The number of hydrogen-bond donors (Lipinski definition) is 0. The molecule has 0 aliphatic heterocycles. The average Bonchev–Trinajstić information content (AvgIpc) is 2.27. The highest BCUT2D eigenvalue weighted by Gasteiger charge is 2.02. The lowest BCUT2D eigenvalue weighted by Crippen LogP contribution is -1.89. The maximum Gasteiger partial charge on any atom is 0.452 e. The quantitative estimate of drug-likeness (QED) is 0.731. The van der Waals surface area contributed by atoms with Crippen LogP contribution in [-0.4, -0.2) is 20.3 Å². The zero-order valence-corrected chi connectivity index (χ0v) is 8.99. The van der Waals surface area contributed by atoms with Gasteiger partial charge in [-0.1, -0.05) is 16.7 Å². The van der Waals surface area contributed by atoms with Gasteiger partial charge in [-0.2, -0.15) is 0 Å². The van der Waals surface area contributed by atoms with Crippen LogP contribution in [0.25, 0.3) is 0 Å². The molecule has 0 spiro atoms. The van der Waals surface area contributed by atoms with Gasteiger partial charge < -0.3 is 9.47 Å². The SMILES string of the molecule is COC(=O)N=Nc1cc(OC)ccc1Cl. The Hall–Kier alpha value is -1.62. The molecule has 0 heterocycles. The summed E-state index contributed by atoms with van der Waals surface area (Å²) in [5.74, 6) is 0.582. The Morgan fingerprint density at radius 2 is 2.13 bits per heavy atom. The van der Waals surface area contributed by atoms with Crippen LogP contribution in [0.4, 0.5) is 10.5 Å². The fourth-order valence-corrected chi connectivity index (χ4v) is 0.987. The van der Waals surface area contributed by atoms with Crippen LogP contribution in [0.2, 0.25) is 5.02 Å². The second kappa shape index (κ2) is 5.31. The van der Waals surface area contributed by atoms with Crippen LogP contribution in [0, 0.1) is 0 Å². The Bertz CT molecular complexity index is 393. The molecule has 15 heavy (non-hydrogen) atoms. The topological polar surface area (TPSA) is 60.2 Å². The van der Waals surface area contributed by atoms with Gasteiger partial charge in [-0.3, -0.25) is 0 Å². The van der Waals surface area contributed by atoms with Crippen molar-refractivity contribution in [1.29, 1.82) is 0 Å². The first-order valence-corrected chi connectivity index (χ1v) is 4.38. The summed E-state index contributed by atoms with van der Waals surface area (Å²) in [6, 6.07) is 4.85. The molecule has 1 aromatic carbocycles. The number of carbonyl (C=O) groups excluding carboxylic acids is 1. The largest absolute Gasteiger partial charge is 0.497 e. The number of halogens is 1. The summed E-state index contributed by atoms with van der Waals surface area (Å²) in [6.45, 7) is 0. The lowest BCUT2D eigenvalue weighted by molar-refractivity contribution is 0.181. The molecule has 0 N–H and O–H groups in total. The molecule has 5 nitrogen and oxygen atoms in total. The van der Waals surface area contributed by atoms with Crippen molar-refractivity contribution in [3.05, 3.63) is 23.2 Å². The molecule has 0 bridgehead atoms. The second-order valence-electron chi connectivity index (χ2n) is 2.49. The highest BCUT2D eigenvalue weighted by atomic mass is 35.5. The van der Waals surface area contributed by atoms with Crippen LogP contribution in [0.1, 0.15) is 0 Å². The molecule has 0 unspecified atom stereocenters. The van der Waals surface area contributed by atoms with E-state index >= 15 is 0 Å². The number of carbonyl (C=O) groups is 1. The average molecular weight is 229 g/mol. The summed E-state index contributed by atoms with van der Waals surface area (Å²) >= 11 is 5.82. The number of amides is 1. The van der Waals surface area contributed by atoms with Gasteiger partial charge in [-0.15, -0.1) is 5.11 Å². The number of ether oxygens (including phenoxy) is 2. The normalized spacial score (nSPS) is 10.3. The van der Waals surface area contributed by atoms with E-state index in [1.54, 1.807) is 18.2 Å². The summed E-state index contributed by atoms with van der Waals surface area (Å²) in [6.07, 6.45) is -0.783. The molecule has 6 heteroatoms. The lowest BCUT2D eigenvalue weighted by atomic mass is 10.3. The Morgan fingerprint density at radius 3 is 2.73 bits per heavy atom. The van der Waals surface area contributed by atoms with Gasteiger partial charge in [0.2, 0.25) is 0 Å². The maximum atomic E-state index is 10.7. The molecule has 0 aliphatic carbocycles. The van der Waals surface area contributed by atoms with E-state index in [1.807, 2.05) is 0 Å². The van der Waals surface area contributed by atoms with Gasteiger partial charge >= 0.3 is 6.09 Å². The summed E-state index contributed by atoms with van der Waals surface area (Å²) in [4.78, 5) is 10.7. The molecule has 1 rings (SSSR count). The van der Waals surface area contributed by atoms with Gasteiger partial charge in [0.15, 0.2) is 0 Å². The number of benzene rings is 1. The van der Waals surface area contributed by atoms with Gasteiger partial charge in [0.1, 0.15) is 11.4 Å². The Balaban J connectivity index is 2.93. The molecule has 0 radical (unpaired) electrons. The minimum absolute atomic E-state index is 0.349. The van der Waals surface area contributed by atoms with E-state index in [1.165, 1.54) is 14.2 Å². The number of hydrogen-bond acceptors (Lipinski definition) is 4. The van der Waals surface area contributed by atoms with Gasteiger partial charge in [0.25, 0.3) is 0 Å².